The number of halogens is 2. The molecule has 0 bridgehead atoms. The molecule has 2 saturated heterocycles. The Morgan fingerprint density at radius 3 is 1.17 bits per heavy atom. The number of phosphoric acid groups is 1. The summed E-state index contributed by atoms with van der Waals surface area (Å²) < 4.78 is 149. The van der Waals surface area contributed by atoms with Crippen LogP contribution in [0.2, 0.25) is 0 Å². The summed E-state index contributed by atoms with van der Waals surface area (Å²) in [5.74, 6) is -0.965. The van der Waals surface area contributed by atoms with Crippen LogP contribution in [0.15, 0.2) is 255 Å². The van der Waals surface area contributed by atoms with Crippen LogP contribution < -0.4 is 0 Å². The first-order chi connectivity index (χ1) is 52.8. The molecule has 108 heavy (non-hydrogen) atoms. The molecule has 2 aliphatic rings. The van der Waals surface area contributed by atoms with Crippen molar-refractivity contribution in [1.29, 1.82) is 0 Å². The second-order valence-electron chi connectivity index (χ2n) is 26.7. The summed E-state index contributed by atoms with van der Waals surface area (Å²) in [4.78, 5) is 24.8. The van der Waals surface area contributed by atoms with Gasteiger partial charge in [0.15, 0.2) is 31.0 Å². The molecule has 11 rings (SSSR count). The second kappa shape index (κ2) is 42.8. The van der Waals surface area contributed by atoms with Crippen LogP contribution in [0.4, 0.5) is 8.78 Å². The molecule has 0 amide bonds. The predicted molar refractivity (Wildman–Crippen MR) is 403 cm³/mol. The molecule has 2 fully saturated rings. The van der Waals surface area contributed by atoms with Gasteiger partial charge < -0.3 is 61.6 Å². The Morgan fingerprint density at radius 1 is 0.389 bits per heavy atom. The largest absolute Gasteiger partial charge is 0.475 e. The lowest BCUT2D eigenvalue weighted by Crippen LogP contribution is -2.48. The smallest absolute Gasteiger partial charge is 0.456 e. The van der Waals surface area contributed by atoms with Crippen LogP contribution in [0.3, 0.4) is 0 Å². The van der Waals surface area contributed by atoms with Gasteiger partial charge in [-0.05, 0) is 81.1 Å². The van der Waals surface area contributed by atoms with E-state index in [-0.39, 0.29) is 97.5 Å². The molecule has 0 aliphatic carbocycles. The third-order valence-corrected chi connectivity index (χ3v) is 20.0. The van der Waals surface area contributed by atoms with Crippen molar-refractivity contribution in [2.75, 3.05) is 26.4 Å². The van der Waals surface area contributed by atoms with Crippen molar-refractivity contribution in [3.8, 4) is 0 Å². The molecular weight excluding hydrogens is 1400 g/mol. The zero-order valence-corrected chi connectivity index (χ0v) is 62.1. The number of fused-ring (bicyclic) bond motifs is 1. The zero-order chi connectivity index (χ0) is 75.1. The maximum atomic E-state index is 18.1. The highest BCUT2D eigenvalue weighted by atomic mass is 31.2. The van der Waals surface area contributed by atoms with E-state index in [9.17, 15) is 9.59 Å². The topological polar surface area (TPSA) is 190 Å². The SMILES string of the molecule is CC[C@H]1O[C@@H](OCC(OCc2ccccc2)C(OCc2ccccc2)C(COP(=O)(OCc2ccccc2)O[C@@H]2C(F)[C@H](OCC(OCc3ccccc3)C(OCc3ccccc3)C(COCc3ccc4ccccc4c3)OCc3ccccc3)O[C@@H]2CC)OCc2ccccc2)C(F)[C@H]1OC(=O)CCC(C)=O. The molecule has 21 heteroatoms. The maximum Gasteiger partial charge on any atom is 0.475 e. The molecule has 18 nitrogen and oxygen atoms in total. The van der Waals surface area contributed by atoms with E-state index in [1.165, 1.54) is 6.92 Å². The van der Waals surface area contributed by atoms with Crippen LogP contribution in [-0.4, -0.2) is 124 Å². The van der Waals surface area contributed by atoms with Gasteiger partial charge in [0.1, 0.15) is 54.6 Å². The molecule has 15 atom stereocenters. The maximum absolute atomic E-state index is 18.1. The number of esters is 1. The highest BCUT2D eigenvalue weighted by Crippen LogP contribution is 2.54. The van der Waals surface area contributed by atoms with Crippen LogP contribution in [0.1, 0.15) is 91.0 Å². The Bertz CT molecular complexity index is 4110. The molecule has 2 aliphatic heterocycles. The molecule has 2 heterocycles. The fourth-order valence-electron chi connectivity index (χ4n) is 12.7. The fourth-order valence-corrected chi connectivity index (χ4v) is 14.1. The summed E-state index contributed by atoms with van der Waals surface area (Å²) in [6, 6.07) is 80.4. The number of ether oxygens (including phenoxy) is 12. The van der Waals surface area contributed by atoms with Gasteiger partial charge in [-0.1, -0.05) is 263 Å². The average Bonchev–Trinajstić information content (AvgIpc) is 1.65. The second-order valence-corrected chi connectivity index (χ2v) is 28.4. The number of alkyl halides is 2. The molecule has 0 spiro atoms. The third-order valence-electron chi connectivity index (χ3n) is 18.6. The Balaban J connectivity index is 0.886. The molecule has 0 N–H and O–H groups in total. The van der Waals surface area contributed by atoms with Gasteiger partial charge in [-0.3, -0.25) is 18.4 Å². The van der Waals surface area contributed by atoms with E-state index in [4.69, 9.17) is 70.4 Å². The van der Waals surface area contributed by atoms with Crippen LogP contribution >= 0.6 is 7.82 Å². The van der Waals surface area contributed by atoms with E-state index in [1.807, 2.05) is 206 Å². The van der Waals surface area contributed by atoms with E-state index in [1.54, 1.807) is 38.1 Å². The number of hydrogen-bond donors (Lipinski definition) is 0. The van der Waals surface area contributed by atoms with Gasteiger partial charge in [0, 0.05) is 6.42 Å². The Labute approximate surface area is 631 Å². The lowest BCUT2D eigenvalue weighted by molar-refractivity contribution is -0.212. The molecule has 0 saturated carbocycles. The first-order valence-electron chi connectivity index (χ1n) is 37.0. The highest BCUT2D eigenvalue weighted by Gasteiger charge is 2.52. The Morgan fingerprint density at radius 2 is 0.750 bits per heavy atom. The standard InChI is InChI=1S/C87H97F2O18P/c1-4-73-84(106-79(91)48-45-62(3)90)80(88)86(104-73)100-60-77(96-53-65-33-17-8-18-34-65)83(99-56-68-39-23-11-24-40-68)78(97-54-66-35-19-9-20-36-66)61-103-108(92,102-57-69-41-25-12-26-42-69)107-85-74(5-2)105-87(81(85)89)101-59-76(95-52-64-31-15-7-16-32-64)82(98-55-67-37-21-10-22-38-67)75(94-51-63-29-13-6-14-30-63)58-93-50-70-46-47-71-43-27-28-44-72(71)49-70/h6-44,46-47,49,73-78,80-87H,4-5,45,48,50-61H2,1-3H3/t73-,74-,75?,76?,77?,78?,80?,81?,82?,83?,84+,85+,86-,87-,108?/m1/s1. The summed E-state index contributed by atoms with van der Waals surface area (Å²) in [5, 5.41) is 2.18. The van der Waals surface area contributed by atoms with Gasteiger partial charge in [-0.2, -0.15) is 0 Å². The fraction of sp³-hybridized carbons (Fsp3) is 0.379. The van der Waals surface area contributed by atoms with Crippen LogP contribution in [-0.2, 0) is 137 Å². The van der Waals surface area contributed by atoms with Gasteiger partial charge in [0.25, 0.3) is 0 Å². The quantitative estimate of drug-likeness (QED) is 0.0258. The van der Waals surface area contributed by atoms with Crippen molar-refractivity contribution in [1.82, 2.24) is 0 Å². The summed E-state index contributed by atoms with van der Waals surface area (Å²) in [5.41, 5.74) is 6.48. The number of benzene rings is 9. The average molecular weight is 1500 g/mol. The van der Waals surface area contributed by atoms with Crippen LogP contribution in [0.5, 0.6) is 0 Å². The van der Waals surface area contributed by atoms with E-state index in [0.29, 0.717) is 5.56 Å². The minimum absolute atomic E-state index is 0.00107. The number of ketones is 1. The molecule has 9 unspecified atom stereocenters. The van der Waals surface area contributed by atoms with Gasteiger partial charge in [0.2, 0.25) is 0 Å². The molecular formula is C87H97F2O18P. The molecule has 0 aromatic heterocycles. The summed E-state index contributed by atoms with van der Waals surface area (Å²) in [6.07, 6.45) is -18.4. The predicted octanol–water partition coefficient (Wildman–Crippen LogP) is 16.9. The van der Waals surface area contributed by atoms with Crippen molar-refractivity contribution in [3.05, 3.63) is 299 Å². The molecule has 572 valence electrons. The minimum atomic E-state index is -5.01. The van der Waals surface area contributed by atoms with Gasteiger partial charge in [-0.15, -0.1) is 0 Å². The lowest BCUT2D eigenvalue weighted by Gasteiger charge is -2.35. The summed E-state index contributed by atoms with van der Waals surface area (Å²) in [7, 11) is -5.01. The zero-order valence-electron chi connectivity index (χ0n) is 61.2. The summed E-state index contributed by atoms with van der Waals surface area (Å²) in [6.45, 7) is 3.98. The van der Waals surface area contributed by atoms with Gasteiger partial charge >= 0.3 is 13.8 Å². The highest BCUT2D eigenvalue weighted by molar-refractivity contribution is 7.48. The van der Waals surface area contributed by atoms with Crippen molar-refractivity contribution >= 4 is 30.3 Å². The Kier molecular flexibility index (Phi) is 32.0. The van der Waals surface area contributed by atoms with E-state index >= 15 is 13.3 Å². The normalized spacial score (nSPS) is 20.8. The van der Waals surface area contributed by atoms with E-state index in [0.717, 1.165) is 49.7 Å². The number of carbonyl (C=O) groups is 2. The first kappa shape index (κ1) is 80.9. The van der Waals surface area contributed by atoms with Crippen molar-refractivity contribution < 1.29 is 93.3 Å². The number of hydrogen-bond acceptors (Lipinski definition) is 18. The number of Topliss-reactive ketones (excluding diaryl/α,β-unsaturated/α-hetero) is 1. The van der Waals surface area contributed by atoms with Crippen molar-refractivity contribution in [2.45, 2.75) is 185 Å². The van der Waals surface area contributed by atoms with E-state index in [2.05, 4.69) is 24.3 Å². The van der Waals surface area contributed by atoms with Gasteiger partial charge in [0.05, 0.1) is 91.8 Å². The number of carbonyl (C=O) groups excluding carboxylic acids is 2. The minimum Gasteiger partial charge on any atom is -0.456 e. The first-order valence-corrected chi connectivity index (χ1v) is 38.4. The molecule has 9 aromatic carbocycles. The van der Waals surface area contributed by atoms with Gasteiger partial charge in [-0.25, -0.2) is 13.3 Å². The van der Waals surface area contributed by atoms with Crippen LogP contribution in [0, 0.1) is 0 Å². The number of rotatable bonds is 46. The molecule has 0 radical (unpaired) electrons. The van der Waals surface area contributed by atoms with Crippen molar-refractivity contribution in [3.63, 3.8) is 0 Å². The lowest BCUT2D eigenvalue weighted by atomic mass is 10.1. The molecule has 9 aromatic rings. The third kappa shape index (κ3) is 25.0. The van der Waals surface area contributed by atoms with Crippen LogP contribution in [0.25, 0.3) is 10.8 Å². The summed E-state index contributed by atoms with van der Waals surface area (Å²) >= 11 is 0. The number of phosphoric ester groups is 1. The van der Waals surface area contributed by atoms with E-state index < -0.39 is 113 Å². The Hall–Kier alpha value is -8.09. The van der Waals surface area contributed by atoms with Crippen molar-refractivity contribution in [2.24, 2.45) is 0 Å². The monoisotopic (exact) mass is 1500 g/mol.